The molecule has 0 N–H and O–H groups in total. The van der Waals surface area contributed by atoms with Crippen molar-refractivity contribution in [2.24, 2.45) is 0 Å². The van der Waals surface area contributed by atoms with Crippen molar-refractivity contribution in [3.63, 3.8) is 0 Å². The second-order valence-corrected chi connectivity index (χ2v) is 5.78. The summed E-state index contributed by atoms with van der Waals surface area (Å²) in [6, 6.07) is 8.19. The van der Waals surface area contributed by atoms with Crippen LogP contribution in [-0.4, -0.2) is 42.0 Å². The Hall–Kier alpha value is -1.19. The number of carbonyl (C=O) groups excluding carboxylic acids is 1. The van der Waals surface area contributed by atoms with Crippen LogP contribution in [0.3, 0.4) is 0 Å². The van der Waals surface area contributed by atoms with E-state index in [4.69, 9.17) is 4.74 Å². The molecule has 3 nitrogen and oxygen atoms in total. The third-order valence-corrected chi connectivity index (χ3v) is 4.18. The number of carbonyl (C=O) groups is 1. The van der Waals surface area contributed by atoms with E-state index in [0.717, 1.165) is 18.5 Å². The molecular formula is C17H25NO2. The molecule has 1 aliphatic rings. The van der Waals surface area contributed by atoms with E-state index in [9.17, 15) is 4.79 Å². The molecule has 3 atom stereocenters. The molecule has 2 rings (SSSR count). The van der Waals surface area contributed by atoms with Crippen LogP contribution < -0.4 is 0 Å². The van der Waals surface area contributed by atoms with Crippen molar-refractivity contribution in [2.75, 3.05) is 13.2 Å². The van der Waals surface area contributed by atoms with Gasteiger partial charge in [0.1, 0.15) is 0 Å². The topological polar surface area (TPSA) is 29.5 Å². The second-order valence-electron chi connectivity index (χ2n) is 5.78. The average molecular weight is 275 g/mol. The maximum Gasteiger partial charge on any atom is 0.179 e. The van der Waals surface area contributed by atoms with Gasteiger partial charge in [0.25, 0.3) is 0 Å². The van der Waals surface area contributed by atoms with Gasteiger partial charge in [-0.25, -0.2) is 0 Å². The number of hydrogen-bond acceptors (Lipinski definition) is 3. The van der Waals surface area contributed by atoms with Crippen LogP contribution in [0.25, 0.3) is 0 Å². The fourth-order valence-corrected chi connectivity index (χ4v) is 2.77. The quantitative estimate of drug-likeness (QED) is 0.791. The third kappa shape index (κ3) is 3.28. The second kappa shape index (κ2) is 6.51. The SMILES string of the molecule is CCc1ccc(C(=O)C(C)N2CC(C)OCC2C)cc1. The van der Waals surface area contributed by atoms with Crippen LogP contribution in [0, 0.1) is 0 Å². The van der Waals surface area contributed by atoms with E-state index in [0.29, 0.717) is 12.6 Å². The predicted molar refractivity (Wildman–Crippen MR) is 81.2 cm³/mol. The van der Waals surface area contributed by atoms with Gasteiger partial charge in [-0.3, -0.25) is 9.69 Å². The summed E-state index contributed by atoms with van der Waals surface area (Å²) in [7, 11) is 0. The molecule has 1 aliphatic heterocycles. The lowest BCUT2D eigenvalue weighted by molar-refractivity contribution is -0.0585. The first-order valence-electron chi connectivity index (χ1n) is 7.53. The summed E-state index contributed by atoms with van der Waals surface area (Å²) in [6.45, 7) is 9.83. The van der Waals surface area contributed by atoms with E-state index in [2.05, 4.69) is 25.7 Å². The Morgan fingerprint density at radius 2 is 2.00 bits per heavy atom. The van der Waals surface area contributed by atoms with Gasteiger partial charge in [0.05, 0.1) is 18.8 Å². The molecule has 0 spiro atoms. The lowest BCUT2D eigenvalue weighted by atomic mass is 10.00. The smallest absolute Gasteiger partial charge is 0.179 e. The maximum atomic E-state index is 12.6. The van der Waals surface area contributed by atoms with Gasteiger partial charge in [0.15, 0.2) is 5.78 Å². The van der Waals surface area contributed by atoms with E-state index in [1.807, 2.05) is 31.2 Å². The summed E-state index contributed by atoms with van der Waals surface area (Å²) < 4.78 is 5.63. The normalized spacial score (nSPS) is 25.4. The summed E-state index contributed by atoms with van der Waals surface area (Å²) >= 11 is 0. The summed E-state index contributed by atoms with van der Waals surface area (Å²) in [5, 5.41) is 0. The van der Waals surface area contributed by atoms with E-state index in [-0.39, 0.29) is 17.9 Å². The standard InChI is InChI=1S/C17H25NO2/c1-5-15-6-8-16(9-7-15)17(19)14(4)18-10-13(3)20-11-12(18)2/h6-9,12-14H,5,10-11H2,1-4H3. The Morgan fingerprint density at radius 3 is 2.60 bits per heavy atom. The Morgan fingerprint density at radius 1 is 1.35 bits per heavy atom. The molecule has 0 saturated carbocycles. The maximum absolute atomic E-state index is 12.6. The number of aryl methyl sites for hydroxylation is 1. The molecule has 1 saturated heterocycles. The lowest BCUT2D eigenvalue weighted by Crippen LogP contribution is -2.53. The van der Waals surface area contributed by atoms with Crippen molar-refractivity contribution < 1.29 is 9.53 Å². The molecule has 3 heteroatoms. The van der Waals surface area contributed by atoms with E-state index < -0.39 is 0 Å². The van der Waals surface area contributed by atoms with Crippen LogP contribution in [0.2, 0.25) is 0 Å². The minimum atomic E-state index is -0.0937. The molecule has 0 aromatic heterocycles. The number of morpholine rings is 1. The van der Waals surface area contributed by atoms with Gasteiger partial charge in [-0.1, -0.05) is 31.2 Å². The van der Waals surface area contributed by atoms with Crippen LogP contribution in [0.4, 0.5) is 0 Å². The summed E-state index contributed by atoms with van der Waals surface area (Å²) in [4.78, 5) is 14.9. The van der Waals surface area contributed by atoms with Gasteiger partial charge < -0.3 is 4.74 Å². The zero-order chi connectivity index (χ0) is 14.7. The monoisotopic (exact) mass is 275 g/mol. The molecule has 1 aromatic rings. The summed E-state index contributed by atoms with van der Waals surface area (Å²) in [5.74, 6) is 0.202. The van der Waals surface area contributed by atoms with Crippen LogP contribution in [0.5, 0.6) is 0 Å². The molecule has 1 fully saturated rings. The molecule has 20 heavy (non-hydrogen) atoms. The Kier molecular flexibility index (Phi) is 4.95. The molecule has 1 aromatic carbocycles. The molecule has 0 amide bonds. The fraction of sp³-hybridized carbons (Fsp3) is 0.588. The van der Waals surface area contributed by atoms with Crippen LogP contribution in [0.1, 0.15) is 43.6 Å². The van der Waals surface area contributed by atoms with Crippen LogP contribution in [0.15, 0.2) is 24.3 Å². The Bertz CT molecular complexity index is 455. The molecule has 110 valence electrons. The summed E-state index contributed by atoms with van der Waals surface area (Å²) in [6.07, 6.45) is 1.20. The average Bonchev–Trinajstić information content (AvgIpc) is 2.48. The minimum absolute atomic E-state index is 0.0937. The van der Waals surface area contributed by atoms with Crippen molar-refractivity contribution in [3.8, 4) is 0 Å². The number of hydrogen-bond donors (Lipinski definition) is 0. The molecule has 0 aliphatic carbocycles. The molecule has 3 unspecified atom stereocenters. The van der Waals surface area contributed by atoms with Gasteiger partial charge in [-0.15, -0.1) is 0 Å². The van der Waals surface area contributed by atoms with Gasteiger partial charge in [-0.05, 0) is 32.8 Å². The zero-order valence-corrected chi connectivity index (χ0v) is 12.9. The third-order valence-electron chi connectivity index (χ3n) is 4.18. The zero-order valence-electron chi connectivity index (χ0n) is 12.9. The Labute approximate surface area is 121 Å². The Balaban J connectivity index is 2.10. The van der Waals surface area contributed by atoms with E-state index in [1.54, 1.807) is 0 Å². The number of benzene rings is 1. The predicted octanol–water partition coefficient (Wildman–Crippen LogP) is 2.93. The fourth-order valence-electron chi connectivity index (χ4n) is 2.77. The number of Topliss-reactive ketones (excluding diaryl/α,β-unsaturated/α-hetero) is 1. The molecule has 0 radical (unpaired) electrons. The van der Waals surface area contributed by atoms with Gasteiger partial charge in [-0.2, -0.15) is 0 Å². The molecule has 0 bridgehead atoms. The lowest BCUT2D eigenvalue weighted by Gasteiger charge is -2.40. The van der Waals surface area contributed by atoms with Crippen molar-refractivity contribution in [3.05, 3.63) is 35.4 Å². The highest BCUT2D eigenvalue weighted by Crippen LogP contribution is 2.18. The van der Waals surface area contributed by atoms with E-state index >= 15 is 0 Å². The highest BCUT2D eigenvalue weighted by molar-refractivity contribution is 5.99. The van der Waals surface area contributed by atoms with E-state index in [1.165, 1.54) is 5.56 Å². The molecule has 1 heterocycles. The van der Waals surface area contributed by atoms with Crippen molar-refractivity contribution in [1.29, 1.82) is 0 Å². The first kappa shape index (κ1) is 15.2. The van der Waals surface area contributed by atoms with Crippen molar-refractivity contribution in [1.82, 2.24) is 4.90 Å². The minimum Gasteiger partial charge on any atom is -0.376 e. The summed E-state index contributed by atoms with van der Waals surface area (Å²) in [5.41, 5.74) is 2.07. The number of nitrogens with zero attached hydrogens (tertiary/aromatic N) is 1. The van der Waals surface area contributed by atoms with Crippen LogP contribution >= 0.6 is 0 Å². The van der Waals surface area contributed by atoms with Gasteiger partial charge in [0, 0.05) is 18.2 Å². The van der Waals surface area contributed by atoms with Crippen LogP contribution in [-0.2, 0) is 11.2 Å². The number of rotatable bonds is 4. The van der Waals surface area contributed by atoms with Gasteiger partial charge >= 0.3 is 0 Å². The van der Waals surface area contributed by atoms with Crippen molar-refractivity contribution >= 4 is 5.78 Å². The highest BCUT2D eigenvalue weighted by Gasteiger charge is 2.31. The largest absolute Gasteiger partial charge is 0.376 e. The number of ketones is 1. The number of ether oxygens (including phenoxy) is 1. The first-order chi connectivity index (χ1) is 9.52. The highest BCUT2D eigenvalue weighted by atomic mass is 16.5. The molecular weight excluding hydrogens is 250 g/mol. The van der Waals surface area contributed by atoms with Crippen molar-refractivity contribution in [2.45, 2.75) is 52.3 Å². The first-order valence-corrected chi connectivity index (χ1v) is 7.53. The van der Waals surface area contributed by atoms with Gasteiger partial charge in [0.2, 0.25) is 0 Å².